The van der Waals surface area contributed by atoms with E-state index in [0.29, 0.717) is 24.1 Å². The maximum atomic E-state index is 14.2. The number of anilines is 2. The predicted octanol–water partition coefficient (Wildman–Crippen LogP) is 4.28. The van der Waals surface area contributed by atoms with Crippen molar-refractivity contribution in [3.05, 3.63) is 59.8 Å². The molecule has 0 spiro atoms. The number of pyridine rings is 2. The molecule has 7 heteroatoms. The van der Waals surface area contributed by atoms with Crippen molar-refractivity contribution >= 4 is 28.2 Å². The summed E-state index contributed by atoms with van der Waals surface area (Å²) in [6, 6.07) is 9.44. The normalized spacial score (nSPS) is 15.5. The second kappa shape index (κ2) is 7.32. The number of nitrogens with zero attached hydrogens (tertiary/aromatic N) is 3. The third-order valence-electron chi connectivity index (χ3n) is 5.14. The first-order chi connectivity index (χ1) is 14.0. The number of nitriles is 1. The van der Waals surface area contributed by atoms with Crippen LogP contribution in [-0.4, -0.2) is 15.9 Å². The zero-order valence-electron chi connectivity index (χ0n) is 15.7. The van der Waals surface area contributed by atoms with E-state index in [0.717, 1.165) is 27.5 Å². The van der Waals surface area contributed by atoms with Crippen LogP contribution in [0.5, 0.6) is 0 Å². The van der Waals surface area contributed by atoms with Crippen LogP contribution in [0.15, 0.2) is 54.3 Å². The Labute approximate surface area is 166 Å². The van der Waals surface area contributed by atoms with Crippen molar-refractivity contribution in [1.82, 2.24) is 9.97 Å². The number of nitrogen functional groups attached to an aromatic ring is 1. The van der Waals surface area contributed by atoms with Crippen molar-refractivity contribution in [2.75, 3.05) is 11.1 Å². The minimum Gasteiger partial charge on any atom is -0.398 e. The van der Waals surface area contributed by atoms with Crippen LogP contribution in [-0.2, 0) is 4.79 Å². The lowest BCUT2D eigenvalue weighted by Gasteiger charge is -2.23. The first kappa shape index (κ1) is 18.6. The number of aromatic nitrogens is 2. The van der Waals surface area contributed by atoms with Gasteiger partial charge in [0.2, 0.25) is 0 Å². The second-order valence-electron chi connectivity index (χ2n) is 7.15. The SMILES string of the molecule is Cc1ccncc1-c1cc(N)c2cnc(NC(=O)C(F)=C3CC(C#N)C3)cc2c1. The van der Waals surface area contributed by atoms with Crippen LogP contribution >= 0.6 is 0 Å². The molecule has 1 amide bonds. The standard InChI is InChI=1S/C22H18FN5O/c1-12-2-3-26-10-17(12)14-6-15-8-20(27-11-18(15)19(25)7-14)28-22(29)21(23)16-4-13(5-16)9-24/h2-3,6-8,10-11,13H,4-5,25H2,1H3,(H,27,28,29). The fraction of sp³-hybridized carbons (Fsp3) is 0.182. The number of hydrogen-bond acceptors (Lipinski definition) is 5. The smallest absolute Gasteiger partial charge is 0.285 e. The van der Waals surface area contributed by atoms with E-state index in [-0.39, 0.29) is 11.7 Å². The maximum absolute atomic E-state index is 14.2. The molecule has 3 aromatic rings. The van der Waals surface area contributed by atoms with Crippen LogP contribution in [0.4, 0.5) is 15.9 Å². The van der Waals surface area contributed by atoms with Gasteiger partial charge in [-0.3, -0.25) is 9.78 Å². The molecule has 2 aromatic heterocycles. The summed E-state index contributed by atoms with van der Waals surface area (Å²) in [7, 11) is 0. The summed E-state index contributed by atoms with van der Waals surface area (Å²) in [5.74, 6) is -1.67. The lowest BCUT2D eigenvalue weighted by Crippen LogP contribution is -2.20. The molecule has 1 saturated carbocycles. The van der Waals surface area contributed by atoms with E-state index < -0.39 is 11.7 Å². The number of carbonyl (C=O) groups is 1. The lowest BCUT2D eigenvalue weighted by atomic mass is 9.80. The highest BCUT2D eigenvalue weighted by atomic mass is 19.1. The van der Waals surface area contributed by atoms with Gasteiger partial charge in [0, 0.05) is 35.2 Å². The van der Waals surface area contributed by atoms with Gasteiger partial charge in [-0.1, -0.05) is 0 Å². The molecule has 0 atom stereocenters. The number of carbonyl (C=O) groups excluding carboxylic acids is 1. The molecule has 144 valence electrons. The van der Waals surface area contributed by atoms with E-state index in [4.69, 9.17) is 11.0 Å². The number of hydrogen-bond donors (Lipinski definition) is 2. The van der Waals surface area contributed by atoms with Crippen LogP contribution < -0.4 is 11.1 Å². The van der Waals surface area contributed by atoms with Crippen molar-refractivity contribution in [2.24, 2.45) is 5.92 Å². The van der Waals surface area contributed by atoms with Crippen LogP contribution in [0.1, 0.15) is 18.4 Å². The van der Waals surface area contributed by atoms with E-state index in [2.05, 4.69) is 21.4 Å². The Hall–Kier alpha value is -3.79. The average molecular weight is 387 g/mol. The molecule has 4 rings (SSSR count). The number of halogens is 1. The summed E-state index contributed by atoms with van der Waals surface area (Å²) in [5, 5.41) is 12.8. The number of nitrogens with two attached hydrogens (primary N) is 1. The first-order valence-corrected chi connectivity index (χ1v) is 9.15. The van der Waals surface area contributed by atoms with Crippen molar-refractivity contribution < 1.29 is 9.18 Å². The zero-order valence-corrected chi connectivity index (χ0v) is 15.7. The van der Waals surface area contributed by atoms with Gasteiger partial charge in [0.25, 0.3) is 5.91 Å². The van der Waals surface area contributed by atoms with Crippen molar-refractivity contribution in [2.45, 2.75) is 19.8 Å². The number of aryl methyl sites for hydroxylation is 1. The Kier molecular flexibility index (Phi) is 4.69. The Morgan fingerprint density at radius 3 is 2.83 bits per heavy atom. The molecule has 1 aliphatic rings. The van der Waals surface area contributed by atoms with Crippen molar-refractivity contribution in [3.63, 3.8) is 0 Å². The minimum absolute atomic E-state index is 0.209. The van der Waals surface area contributed by atoms with Crippen LogP contribution in [0.25, 0.3) is 21.9 Å². The highest BCUT2D eigenvalue weighted by Gasteiger charge is 2.29. The monoisotopic (exact) mass is 387 g/mol. The highest BCUT2D eigenvalue weighted by Crippen LogP contribution is 2.36. The minimum atomic E-state index is -0.851. The largest absolute Gasteiger partial charge is 0.398 e. The van der Waals surface area contributed by atoms with E-state index in [1.54, 1.807) is 24.7 Å². The molecule has 1 aliphatic carbocycles. The fourth-order valence-electron chi connectivity index (χ4n) is 3.41. The van der Waals surface area contributed by atoms with Crippen LogP contribution in [0.2, 0.25) is 0 Å². The third kappa shape index (κ3) is 3.52. The van der Waals surface area contributed by atoms with Gasteiger partial charge in [0.1, 0.15) is 5.82 Å². The Balaban J connectivity index is 1.65. The summed E-state index contributed by atoms with van der Waals surface area (Å²) in [4.78, 5) is 20.5. The number of benzene rings is 1. The molecule has 0 bridgehead atoms. The van der Waals surface area contributed by atoms with Crippen LogP contribution in [0, 0.1) is 24.2 Å². The highest BCUT2D eigenvalue weighted by molar-refractivity contribution is 6.04. The van der Waals surface area contributed by atoms with Gasteiger partial charge in [-0.25, -0.2) is 9.37 Å². The summed E-state index contributed by atoms with van der Waals surface area (Å²) in [6.45, 7) is 1.99. The van der Waals surface area contributed by atoms with Gasteiger partial charge < -0.3 is 11.1 Å². The van der Waals surface area contributed by atoms with Gasteiger partial charge in [0.15, 0.2) is 5.83 Å². The van der Waals surface area contributed by atoms with E-state index in [1.807, 2.05) is 25.1 Å². The zero-order chi connectivity index (χ0) is 20.5. The summed E-state index contributed by atoms with van der Waals surface area (Å²) in [5.41, 5.74) is 10.0. The Morgan fingerprint density at radius 2 is 2.10 bits per heavy atom. The van der Waals surface area contributed by atoms with Gasteiger partial charge in [-0.05, 0) is 66.1 Å². The second-order valence-corrected chi connectivity index (χ2v) is 7.15. The Morgan fingerprint density at radius 1 is 1.31 bits per heavy atom. The maximum Gasteiger partial charge on any atom is 0.285 e. The number of fused-ring (bicyclic) bond motifs is 1. The lowest BCUT2D eigenvalue weighted by molar-refractivity contribution is -0.114. The summed E-state index contributed by atoms with van der Waals surface area (Å²) in [6.07, 6.45) is 5.65. The van der Waals surface area contributed by atoms with E-state index >= 15 is 0 Å². The summed E-state index contributed by atoms with van der Waals surface area (Å²) >= 11 is 0. The van der Waals surface area contributed by atoms with Crippen LogP contribution in [0.3, 0.4) is 0 Å². The predicted molar refractivity (Wildman–Crippen MR) is 109 cm³/mol. The van der Waals surface area contributed by atoms with Gasteiger partial charge in [-0.15, -0.1) is 0 Å². The fourth-order valence-corrected chi connectivity index (χ4v) is 3.41. The van der Waals surface area contributed by atoms with Gasteiger partial charge >= 0.3 is 0 Å². The van der Waals surface area contributed by atoms with Crippen molar-refractivity contribution in [3.8, 4) is 17.2 Å². The van der Waals surface area contributed by atoms with Gasteiger partial charge in [0.05, 0.1) is 12.0 Å². The molecular weight excluding hydrogens is 369 g/mol. The molecule has 0 radical (unpaired) electrons. The summed E-state index contributed by atoms with van der Waals surface area (Å²) < 4.78 is 14.2. The number of rotatable bonds is 3. The molecule has 0 aliphatic heterocycles. The molecule has 0 saturated heterocycles. The molecule has 1 fully saturated rings. The Bertz CT molecular complexity index is 1200. The quantitative estimate of drug-likeness (QED) is 0.515. The third-order valence-corrected chi connectivity index (χ3v) is 5.14. The molecule has 0 unspecified atom stereocenters. The van der Waals surface area contributed by atoms with E-state index in [1.165, 1.54) is 0 Å². The average Bonchev–Trinajstić information content (AvgIpc) is 2.67. The molecule has 3 N–H and O–H groups in total. The first-order valence-electron chi connectivity index (χ1n) is 9.15. The van der Waals surface area contributed by atoms with Crippen molar-refractivity contribution in [1.29, 1.82) is 5.26 Å². The topological polar surface area (TPSA) is 105 Å². The molecular formula is C22H18FN5O. The number of allylic oxidation sites excluding steroid dienone is 1. The molecule has 6 nitrogen and oxygen atoms in total. The number of nitrogens with one attached hydrogen (secondary N) is 1. The van der Waals surface area contributed by atoms with Gasteiger partial charge in [-0.2, -0.15) is 5.26 Å². The van der Waals surface area contributed by atoms with E-state index in [9.17, 15) is 9.18 Å². The molecule has 2 heterocycles. The molecule has 29 heavy (non-hydrogen) atoms. The number of amides is 1. The molecule has 1 aromatic carbocycles.